The predicted molar refractivity (Wildman–Crippen MR) is 63.3 cm³/mol. The zero-order valence-electron chi connectivity index (χ0n) is 10.8. The normalized spacial score (nSPS) is 11.5. The Bertz CT molecular complexity index is 368. The van der Waals surface area contributed by atoms with Crippen molar-refractivity contribution in [2.75, 3.05) is 6.54 Å². The van der Waals surface area contributed by atoms with Crippen molar-refractivity contribution in [1.29, 1.82) is 0 Å². The first-order valence-electron chi connectivity index (χ1n) is 5.68. The van der Waals surface area contributed by atoms with Crippen LogP contribution < -0.4 is 10.6 Å². The topological polar surface area (TPSA) is 80.0 Å². The van der Waals surface area contributed by atoms with Crippen LogP contribution in [-0.2, 0) is 11.3 Å². The molecule has 0 aromatic carbocycles. The van der Waals surface area contributed by atoms with Crippen LogP contribution >= 0.6 is 0 Å². The van der Waals surface area contributed by atoms with Crippen molar-refractivity contribution in [2.45, 2.75) is 46.2 Å². The molecule has 17 heavy (non-hydrogen) atoms. The molecule has 6 nitrogen and oxygen atoms in total. The number of carbonyl (C=O) groups excluding carboxylic acids is 1. The van der Waals surface area contributed by atoms with Crippen LogP contribution in [0.3, 0.4) is 0 Å². The third-order valence-corrected chi connectivity index (χ3v) is 1.90. The first-order chi connectivity index (χ1) is 7.87. The number of nitrogens with one attached hydrogen (secondary N) is 2. The Hall–Kier alpha value is -1.43. The molecule has 0 aliphatic rings. The maximum absolute atomic E-state index is 11.5. The standard InChI is InChI=1S/C11H20N4O2/c1-8-13-9(15-17-8)7-12-6-5-10(16)14-11(2,3)4/h12H,5-7H2,1-4H3,(H,14,16). The molecule has 1 amide bonds. The van der Waals surface area contributed by atoms with Gasteiger partial charge in [0.2, 0.25) is 11.8 Å². The fourth-order valence-electron chi connectivity index (χ4n) is 1.30. The fourth-order valence-corrected chi connectivity index (χ4v) is 1.30. The lowest BCUT2D eigenvalue weighted by Crippen LogP contribution is -2.41. The zero-order chi connectivity index (χ0) is 12.9. The van der Waals surface area contributed by atoms with Gasteiger partial charge in [-0.15, -0.1) is 0 Å². The zero-order valence-corrected chi connectivity index (χ0v) is 10.8. The second kappa shape index (κ2) is 5.77. The molecule has 0 saturated heterocycles. The molecular weight excluding hydrogens is 220 g/mol. The summed E-state index contributed by atoms with van der Waals surface area (Å²) in [5, 5.41) is 9.72. The monoisotopic (exact) mass is 240 g/mol. The minimum Gasteiger partial charge on any atom is -0.351 e. The van der Waals surface area contributed by atoms with Gasteiger partial charge in [0.1, 0.15) is 0 Å². The summed E-state index contributed by atoms with van der Waals surface area (Å²) < 4.78 is 4.83. The van der Waals surface area contributed by atoms with E-state index in [1.165, 1.54) is 0 Å². The molecular formula is C11H20N4O2. The second-order valence-corrected chi connectivity index (χ2v) is 4.95. The number of aromatic nitrogens is 2. The molecule has 0 aliphatic heterocycles. The highest BCUT2D eigenvalue weighted by Gasteiger charge is 2.12. The molecule has 0 atom stereocenters. The van der Waals surface area contributed by atoms with E-state index in [0.29, 0.717) is 31.2 Å². The van der Waals surface area contributed by atoms with E-state index in [2.05, 4.69) is 20.8 Å². The molecule has 0 bridgehead atoms. The Kier molecular flexibility index (Phi) is 4.62. The highest BCUT2D eigenvalue weighted by Crippen LogP contribution is 1.99. The van der Waals surface area contributed by atoms with Crippen molar-refractivity contribution in [3.8, 4) is 0 Å². The van der Waals surface area contributed by atoms with Crippen molar-refractivity contribution in [3.63, 3.8) is 0 Å². The summed E-state index contributed by atoms with van der Waals surface area (Å²) in [5.41, 5.74) is -0.179. The van der Waals surface area contributed by atoms with Gasteiger partial charge in [0.05, 0.1) is 6.54 Å². The highest BCUT2D eigenvalue weighted by molar-refractivity contribution is 5.76. The quantitative estimate of drug-likeness (QED) is 0.743. The maximum atomic E-state index is 11.5. The molecule has 1 heterocycles. The first kappa shape index (κ1) is 13.6. The molecule has 96 valence electrons. The molecule has 0 spiro atoms. The predicted octanol–water partition coefficient (Wildman–Crippen LogP) is 0.772. The van der Waals surface area contributed by atoms with Crippen LogP contribution in [0.2, 0.25) is 0 Å². The van der Waals surface area contributed by atoms with Crippen molar-refractivity contribution in [1.82, 2.24) is 20.8 Å². The van der Waals surface area contributed by atoms with Gasteiger partial charge in [0, 0.05) is 25.4 Å². The Balaban J connectivity index is 2.14. The van der Waals surface area contributed by atoms with Crippen LogP contribution in [0.1, 0.15) is 38.9 Å². The average molecular weight is 240 g/mol. The Morgan fingerprint density at radius 1 is 1.41 bits per heavy atom. The van der Waals surface area contributed by atoms with Crippen LogP contribution in [0.25, 0.3) is 0 Å². The van der Waals surface area contributed by atoms with Gasteiger partial charge < -0.3 is 15.2 Å². The first-order valence-corrected chi connectivity index (χ1v) is 5.68. The molecule has 0 saturated carbocycles. The van der Waals surface area contributed by atoms with E-state index in [4.69, 9.17) is 4.52 Å². The molecule has 0 aliphatic carbocycles. The summed E-state index contributed by atoms with van der Waals surface area (Å²) in [4.78, 5) is 15.5. The molecule has 1 rings (SSSR count). The second-order valence-electron chi connectivity index (χ2n) is 4.95. The number of amides is 1. The number of hydrogen-bond donors (Lipinski definition) is 2. The van der Waals surface area contributed by atoms with Gasteiger partial charge in [-0.2, -0.15) is 4.98 Å². The van der Waals surface area contributed by atoms with Crippen molar-refractivity contribution in [3.05, 3.63) is 11.7 Å². The number of hydrogen-bond acceptors (Lipinski definition) is 5. The summed E-state index contributed by atoms with van der Waals surface area (Å²) in [6, 6.07) is 0. The summed E-state index contributed by atoms with van der Waals surface area (Å²) in [6.07, 6.45) is 0.439. The van der Waals surface area contributed by atoms with Gasteiger partial charge >= 0.3 is 0 Å². The minimum atomic E-state index is -0.179. The van der Waals surface area contributed by atoms with Gasteiger partial charge in [-0.05, 0) is 20.8 Å². The lowest BCUT2D eigenvalue weighted by molar-refractivity contribution is -0.122. The van der Waals surface area contributed by atoms with E-state index < -0.39 is 0 Å². The number of carbonyl (C=O) groups is 1. The van der Waals surface area contributed by atoms with Gasteiger partial charge in [-0.3, -0.25) is 4.79 Å². The molecule has 2 N–H and O–H groups in total. The van der Waals surface area contributed by atoms with E-state index in [0.717, 1.165) is 0 Å². The molecule has 1 aromatic rings. The van der Waals surface area contributed by atoms with Crippen LogP contribution in [-0.4, -0.2) is 28.1 Å². The fraction of sp³-hybridized carbons (Fsp3) is 0.727. The van der Waals surface area contributed by atoms with Crippen LogP contribution in [0, 0.1) is 6.92 Å². The summed E-state index contributed by atoms with van der Waals surface area (Å²) in [7, 11) is 0. The molecule has 6 heteroatoms. The van der Waals surface area contributed by atoms with E-state index in [9.17, 15) is 4.79 Å². The van der Waals surface area contributed by atoms with Crippen LogP contribution in [0.15, 0.2) is 4.52 Å². The van der Waals surface area contributed by atoms with E-state index >= 15 is 0 Å². The Labute approximate surface area is 101 Å². The molecule has 0 fully saturated rings. The summed E-state index contributed by atoms with van der Waals surface area (Å²) in [6.45, 7) is 8.73. The van der Waals surface area contributed by atoms with Gasteiger partial charge in [0.15, 0.2) is 5.82 Å². The highest BCUT2D eigenvalue weighted by atomic mass is 16.5. The third kappa shape index (κ3) is 6.01. The number of nitrogens with zero attached hydrogens (tertiary/aromatic N) is 2. The lowest BCUT2D eigenvalue weighted by atomic mass is 10.1. The number of rotatable bonds is 5. The molecule has 1 aromatic heterocycles. The lowest BCUT2D eigenvalue weighted by Gasteiger charge is -2.20. The summed E-state index contributed by atoms with van der Waals surface area (Å²) in [5.74, 6) is 1.19. The van der Waals surface area contributed by atoms with E-state index in [1.54, 1.807) is 6.92 Å². The van der Waals surface area contributed by atoms with Crippen molar-refractivity contribution < 1.29 is 9.32 Å². The van der Waals surface area contributed by atoms with Gasteiger partial charge in [-0.25, -0.2) is 0 Å². The van der Waals surface area contributed by atoms with E-state index in [-0.39, 0.29) is 11.4 Å². The Morgan fingerprint density at radius 2 is 2.12 bits per heavy atom. The number of aryl methyl sites for hydroxylation is 1. The largest absolute Gasteiger partial charge is 0.351 e. The molecule has 0 unspecified atom stereocenters. The Morgan fingerprint density at radius 3 is 2.65 bits per heavy atom. The van der Waals surface area contributed by atoms with Crippen LogP contribution in [0.4, 0.5) is 0 Å². The van der Waals surface area contributed by atoms with Crippen molar-refractivity contribution in [2.24, 2.45) is 0 Å². The minimum absolute atomic E-state index is 0.0364. The van der Waals surface area contributed by atoms with Crippen molar-refractivity contribution >= 4 is 5.91 Å². The van der Waals surface area contributed by atoms with Gasteiger partial charge in [0.25, 0.3) is 0 Å². The summed E-state index contributed by atoms with van der Waals surface area (Å²) >= 11 is 0. The van der Waals surface area contributed by atoms with E-state index in [1.807, 2.05) is 20.8 Å². The molecule has 0 radical (unpaired) electrons. The maximum Gasteiger partial charge on any atom is 0.223 e. The average Bonchev–Trinajstić information content (AvgIpc) is 2.56. The smallest absolute Gasteiger partial charge is 0.223 e. The SMILES string of the molecule is Cc1nc(CNCCC(=O)NC(C)(C)C)no1. The third-order valence-electron chi connectivity index (χ3n) is 1.90. The van der Waals surface area contributed by atoms with Crippen LogP contribution in [0.5, 0.6) is 0 Å². The van der Waals surface area contributed by atoms with Gasteiger partial charge in [-0.1, -0.05) is 5.16 Å².